The first-order valence-electron chi connectivity index (χ1n) is 5.11. The fourth-order valence-electron chi connectivity index (χ4n) is 1.26. The van der Waals surface area contributed by atoms with Crippen molar-refractivity contribution in [1.82, 2.24) is 24.7 Å². The van der Waals surface area contributed by atoms with Crippen LogP contribution in [0.15, 0.2) is 27.5 Å². The number of nitrogens with one attached hydrogen (secondary N) is 1. The smallest absolute Gasteiger partial charge is 0.343 e. The third-order valence-corrected chi connectivity index (χ3v) is 2.89. The molecule has 3 N–H and O–H groups in total. The number of anilines is 1. The van der Waals surface area contributed by atoms with Crippen LogP contribution < -0.4 is 11.4 Å². The molecule has 0 bridgehead atoms. The number of nitrogen functional groups attached to an aromatic ring is 1. The van der Waals surface area contributed by atoms with Crippen LogP contribution in [0.1, 0.15) is 13.3 Å². The van der Waals surface area contributed by atoms with Crippen molar-refractivity contribution in [2.45, 2.75) is 30.2 Å². The third-order valence-electron chi connectivity index (χ3n) is 2.00. The van der Waals surface area contributed by atoms with E-state index in [1.807, 2.05) is 6.92 Å². The molecule has 17 heavy (non-hydrogen) atoms. The number of hydrogen-bond donors (Lipinski definition) is 2. The number of hydrogen-bond acceptors (Lipinski definition) is 6. The van der Waals surface area contributed by atoms with E-state index in [0.717, 1.165) is 6.42 Å². The number of H-pyrrole nitrogens is 1. The Kier molecular flexibility index (Phi) is 3.43. The molecule has 0 saturated carbocycles. The Morgan fingerprint density at radius 1 is 1.47 bits per heavy atom. The van der Waals surface area contributed by atoms with Gasteiger partial charge in [-0.2, -0.15) is 0 Å². The van der Waals surface area contributed by atoms with E-state index in [4.69, 9.17) is 5.73 Å². The maximum Gasteiger partial charge on any atom is 0.343 e. The topological polar surface area (TPSA) is 102 Å². The summed E-state index contributed by atoms with van der Waals surface area (Å²) in [4.78, 5) is 19.5. The van der Waals surface area contributed by atoms with E-state index in [9.17, 15) is 4.79 Å². The zero-order valence-electron chi connectivity index (χ0n) is 9.25. The highest BCUT2D eigenvalue weighted by Crippen LogP contribution is 2.21. The summed E-state index contributed by atoms with van der Waals surface area (Å²) in [5, 5.41) is 7.41. The molecule has 0 unspecified atom stereocenters. The lowest BCUT2D eigenvalue weighted by atomic mass is 10.5. The molecule has 0 aliphatic rings. The largest absolute Gasteiger partial charge is 0.396 e. The number of nitrogens with two attached hydrogens (primary N) is 1. The summed E-state index contributed by atoms with van der Waals surface area (Å²) in [5.74, 6) is 0. The molecular weight excluding hydrogens is 240 g/mol. The fourth-order valence-corrected chi connectivity index (χ4v) is 2.01. The molecule has 2 heterocycles. The highest BCUT2D eigenvalue weighted by molar-refractivity contribution is 7.99. The fraction of sp³-hybridized carbons (Fsp3) is 0.333. The van der Waals surface area contributed by atoms with E-state index in [0.29, 0.717) is 22.5 Å². The molecule has 0 atom stereocenters. The Bertz CT molecular complexity index is 545. The Labute approximate surface area is 101 Å². The van der Waals surface area contributed by atoms with Crippen LogP contribution in [-0.4, -0.2) is 24.7 Å². The number of aromatic amines is 1. The van der Waals surface area contributed by atoms with Crippen molar-refractivity contribution in [3.05, 3.63) is 22.9 Å². The van der Waals surface area contributed by atoms with Gasteiger partial charge in [-0.3, -0.25) is 4.57 Å². The molecular formula is C9H12N6OS. The van der Waals surface area contributed by atoms with E-state index in [2.05, 4.69) is 20.2 Å². The Morgan fingerprint density at radius 3 is 2.82 bits per heavy atom. The van der Waals surface area contributed by atoms with Gasteiger partial charge in [-0.05, 0) is 18.2 Å². The zero-order chi connectivity index (χ0) is 12.3. The van der Waals surface area contributed by atoms with Gasteiger partial charge >= 0.3 is 5.69 Å². The van der Waals surface area contributed by atoms with Crippen LogP contribution in [0.2, 0.25) is 0 Å². The molecule has 0 spiro atoms. The number of aromatic nitrogens is 5. The minimum Gasteiger partial charge on any atom is -0.396 e. The first kappa shape index (κ1) is 11.6. The van der Waals surface area contributed by atoms with Crippen LogP contribution in [0.3, 0.4) is 0 Å². The maximum absolute atomic E-state index is 11.4. The van der Waals surface area contributed by atoms with Crippen molar-refractivity contribution in [2.75, 3.05) is 5.73 Å². The SMILES string of the molecule is CCCn1c(Sc2ncc(N)cn2)n[nH]c1=O. The van der Waals surface area contributed by atoms with Gasteiger partial charge in [-0.1, -0.05) is 6.92 Å². The van der Waals surface area contributed by atoms with Crippen LogP contribution in [0.4, 0.5) is 5.69 Å². The highest BCUT2D eigenvalue weighted by Gasteiger charge is 2.10. The number of rotatable bonds is 4. The monoisotopic (exact) mass is 252 g/mol. The maximum atomic E-state index is 11.4. The normalized spacial score (nSPS) is 10.6. The van der Waals surface area contributed by atoms with E-state index >= 15 is 0 Å². The van der Waals surface area contributed by atoms with Gasteiger partial charge in [0.15, 0.2) is 10.3 Å². The van der Waals surface area contributed by atoms with E-state index in [1.54, 1.807) is 4.57 Å². The van der Waals surface area contributed by atoms with Crippen molar-refractivity contribution in [2.24, 2.45) is 0 Å². The Hall–Kier alpha value is -1.83. The van der Waals surface area contributed by atoms with Gasteiger partial charge in [0.1, 0.15) is 0 Å². The summed E-state index contributed by atoms with van der Waals surface area (Å²) in [7, 11) is 0. The predicted octanol–water partition coefficient (Wildman–Crippen LogP) is 0.505. The second-order valence-corrected chi connectivity index (χ2v) is 4.30. The van der Waals surface area contributed by atoms with E-state index < -0.39 is 0 Å². The summed E-state index contributed by atoms with van der Waals surface area (Å²) < 4.78 is 1.56. The summed E-state index contributed by atoms with van der Waals surface area (Å²) in [6.45, 7) is 2.61. The molecule has 0 saturated heterocycles. The molecule has 0 aliphatic carbocycles. The van der Waals surface area contributed by atoms with Crippen molar-refractivity contribution in [3.63, 3.8) is 0 Å². The van der Waals surface area contributed by atoms with Crippen molar-refractivity contribution < 1.29 is 0 Å². The van der Waals surface area contributed by atoms with E-state index in [1.165, 1.54) is 24.2 Å². The van der Waals surface area contributed by atoms with Crippen LogP contribution >= 0.6 is 11.8 Å². The first-order chi connectivity index (χ1) is 8.20. The summed E-state index contributed by atoms with van der Waals surface area (Å²) in [6, 6.07) is 0. The average Bonchev–Trinajstić information content (AvgIpc) is 2.65. The second kappa shape index (κ2) is 5.00. The highest BCUT2D eigenvalue weighted by atomic mass is 32.2. The minimum atomic E-state index is -0.218. The van der Waals surface area contributed by atoms with Gasteiger partial charge in [0.05, 0.1) is 18.1 Å². The van der Waals surface area contributed by atoms with Crippen LogP contribution in [0.5, 0.6) is 0 Å². The predicted molar refractivity (Wildman–Crippen MR) is 63.7 cm³/mol. The average molecular weight is 252 g/mol. The summed E-state index contributed by atoms with van der Waals surface area (Å²) >= 11 is 1.23. The number of nitrogens with zero attached hydrogens (tertiary/aromatic N) is 4. The van der Waals surface area contributed by atoms with Crippen LogP contribution in [0.25, 0.3) is 0 Å². The molecule has 2 aromatic heterocycles. The molecule has 7 nitrogen and oxygen atoms in total. The van der Waals surface area contributed by atoms with Crippen LogP contribution in [-0.2, 0) is 6.54 Å². The molecule has 0 radical (unpaired) electrons. The standard InChI is InChI=1S/C9H12N6OS/c1-2-3-15-8(16)13-14-9(15)17-7-11-4-6(10)5-12-7/h4-5H,2-3,10H2,1H3,(H,13,16). The molecule has 90 valence electrons. The van der Waals surface area contributed by atoms with Crippen LogP contribution in [0, 0.1) is 0 Å². The third kappa shape index (κ3) is 2.64. The van der Waals surface area contributed by atoms with Gasteiger partial charge in [-0.25, -0.2) is 19.9 Å². The quantitative estimate of drug-likeness (QED) is 0.768. The molecule has 0 aromatic carbocycles. The lowest BCUT2D eigenvalue weighted by Crippen LogP contribution is -2.17. The molecule has 2 aromatic rings. The van der Waals surface area contributed by atoms with Gasteiger partial charge in [-0.15, -0.1) is 5.10 Å². The molecule has 2 rings (SSSR count). The lowest BCUT2D eigenvalue weighted by molar-refractivity contribution is 0.603. The molecule has 8 heteroatoms. The molecule has 0 fully saturated rings. The minimum absolute atomic E-state index is 0.218. The second-order valence-electron chi connectivity index (χ2n) is 3.36. The molecule has 0 aliphatic heterocycles. The van der Waals surface area contributed by atoms with Gasteiger partial charge in [0.2, 0.25) is 0 Å². The van der Waals surface area contributed by atoms with E-state index in [-0.39, 0.29) is 5.69 Å². The summed E-state index contributed by atoms with van der Waals surface area (Å²) in [6.07, 6.45) is 3.89. The summed E-state index contributed by atoms with van der Waals surface area (Å²) in [5.41, 5.74) is 5.77. The van der Waals surface area contributed by atoms with Crippen molar-refractivity contribution in [3.8, 4) is 0 Å². The zero-order valence-corrected chi connectivity index (χ0v) is 10.1. The Balaban J connectivity index is 2.23. The van der Waals surface area contributed by atoms with Crippen molar-refractivity contribution >= 4 is 17.4 Å². The van der Waals surface area contributed by atoms with Gasteiger partial charge in [0.25, 0.3) is 0 Å². The van der Waals surface area contributed by atoms with Gasteiger partial charge in [0, 0.05) is 6.54 Å². The lowest BCUT2D eigenvalue weighted by Gasteiger charge is -2.02. The first-order valence-corrected chi connectivity index (χ1v) is 5.93. The molecule has 0 amide bonds. The van der Waals surface area contributed by atoms with Crippen molar-refractivity contribution in [1.29, 1.82) is 0 Å². The van der Waals surface area contributed by atoms with Gasteiger partial charge < -0.3 is 5.73 Å². The Morgan fingerprint density at radius 2 is 2.18 bits per heavy atom.